The molecule has 70 valence electrons. The molecule has 3 nitrogen and oxygen atoms in total. The van der Waals surface area contributed by atoms with Crippen LogP contribution in [0.15, 0.2) is 15.7 Å². The summed E-state index contributed by atoms with van der Waals surface area (Å²) < 4.78 is 0. The summed E-state index contributed by atoms with van der Waals surface area (Å²) in [5.74, 6) is 0. The van der Waals surface area contributed by atoms with Crippen molar-refractivity contribution in [3.05, 3.63) is 32.1 Å². The van der Waals surface area contributed by atoms with Gasteiger partial charge in [-0.05, 0) is 13.3 Å². The van der Waals surface area contributed by atoms with Crippen LogP contribution in [0.4, 0.5) is 5.69 Å². The van der Waals surface area contributed by atoms with E-state index in [0.717, 1.165) is 13.0 Å². The first kappa shape index (κ1) is 9.71. The van der Waals surface area contributed by atoms with E-state index in [4.69, 9.17) is 0 Å². The molecule has 0 aliphatic heterocycles. The summed E-state index contributed by atoms with van der Waals surface area (Å²) in [6.07, 6.45) is 4.36. The van der Waals surface area contributed by atoms with Crippen molar-refractivity contribution in [1.82, 2.24) is 0 Å². The van der Waals surface area contributed by atoms with Crippen molar-refractivity contribution >= 4 is 11.8 Å². The number of nitrogens with one attached hydrogen (secondary N) is 1. The summed E-state index contributed by atoms with van der Waals surface area (Å²) in [4.78, 5) is 22.1. The first-order chi connectivity index (χ1) is 6.22. The maximum Gasteiger partial charge on any atom is 0.250 e. The highest BCUT2D eigenvalue weighted by Gasteiger charge is 2.16. The second kappa shape index (κ2) is 4.03. The number of rotatable bonds is 4. The number of anilines is 1. The van der Waals surface area contributed by atoms with Gasteiger partial charge >= 0.3 is 0 Å². The Bertz CT molecular complexity index is 383. The summed E-state index contributed by atoms with van der Waals surface area (Å²) in [5.41, 5.74) is 0.226. The molecule has 0 bridgehead atoms. The van der Waals surface area contributed by atoms with Gasteiger partial charge in [-0.1, -0.05) is 19.1 Å². The van der Waals surface area contributed by atoms with E-state index in [9.17, 15) is 9.59 Å². The zero-order chi connectivity index (χ0) is 9.84. The lowest BCUT2D eigenvalue weighted by atomic mass is 10.1. The zero-order valence-electron chi connectivity index (χ0n) is 7.89. The molecule has 0 spiro atoms. The van der Waals surface area contributed by atoms with Crippen molar-refractivity contribution in [2.45, 2.75) is 20.3 Å². The van der Waals surface area contributed by atoms with Crippen LogP contribution in [0.1, 0.15) is 25.8 Å². The third kappa shape index (κ3) is 1.69. The number of allylic oxidation sites excluding steroid dienone is 1. The van der Waals surface area contributed by atoms with Crippen molar-refractivity contribution in [3.63, 3.8) is 0 Å². The van der Waals surface area contributed by atoms with Crippen molar-refractivity contribution in [2.24, 2.45) is 0 Å². The third-order valence-electron chi connectivity index (χ3n) is 1.83. The predicted octanol–water partition coefficient (Wildman–Crippen LogP) is 1.14. The molecule has 1 aromatic rings. The molecule has 3 heteroatoms. The number of hydrogen-bond donors (Lipinski definition) is 1. The second-order valence-electron chi connectivity index (χ2n) is 2.87. The SMILES string of the molecule is C/C=C/c1c(NCCC)c(=O)c1=O. The summed E-state index contributed by atoms with van der Waals surface area (Å²) in [6.45, 7) is 4.56. The Kier molecular flexibility index (Phi) is 3.01. The third-order valence-corrected chi connectivity index (χ3v) is 1.83. The fraction of sp³-hybridized carbons (Fsp3) is 0.400. The maximum atomic E-state index is 11.0. The van der Waals surface area contributed by atoms with Gasteiger partial charge in [-0.2, -0.15) is 0 Å². The lowest BCUT2D eigenvalue weighted by Gasteiger charge is -2.08. The monoisotopic (exact) mass is 179 g/mol. The highest BCUT2D eigenvalue weighted by atomic mass is 16.2. The van der Waals surface area contributed by atoms with E-state index in [1.165, 1.54) is 0 Å². The first-order valence-corrected chi connectivity index (χ1v) is 4.42. The van der Waals surface area contributed by atoms with Gasteiger partial charge in [0.05, 0.1) is 11.3 Å². The Morgan fingerprint density at radius 1 is 1.31 bits per heavy atom. The number of hydrogen-bond acceptors (Lipinski definition) is 3. The Labute approximate surface area is 76.8 Å². The largest absolute Gasteiger partial charge is 0.381 e. The van der Waals surface area contributed by atoms with Crippen LogP contribution in [0.25, 0.3) is 6.08 Å². The average molecular weight is 179 g/mol. The van der Waals surface area contributed by atoms with Gasteiger partial charge in [0.25, 0.3) is 0 Å². The van der Waals surface area contributed by atoms with Crippen LogP contribution >= 0.6 is 0 Å². The molecule has 0 unspecified atom stereocenters. The minimum absolute atomic E-state index is 0.378. The van der Waals surface area contributed by atoms with Gasteiger partial charge < -0.3 is 5.32 Å². The van der Waals surface area contributed by atoms with Gasteiger partial charge in [0.1, 0.15) is 0 Å². The van der Waals surface area contributed by atoms with E-state index in [-0.39, 0.29) is 10.9 Å². The van der Waals surface area contributed by atoms with E-state index in [2.05, 4.69) is 5.32 Å². The molecule has 0 amide bonds. The van der Waals surface area contributed by atoms with Gasteiger partial charge in [0.15, 0.2) is 0 Å². The summed E-state index contributed by atoms with van der Waals surface area (Å²) in [5, 5.41) is 2.94. The van der Waals surface area contributed by atoms with Crippen LogP contribution in [-0.4, -0.2) is 6.54 Å². The van der Waals surface area contributed by atoms with Crippen LogP contribution < -0.4 is 16.2 Å². The Morgan fingerprint density at radius 3 is 2.54 bits per heavy atom. The molecule has 1 N–H and O–H groups in total. The quantitative estimate of drug-likeness (QED) is 0.705. The van der Waals surface area contributed by atoms with E-state index >= 15 is 0 Å². The van der Waals surface area contributed by atoms with Crippen LogP contribution in [0.5, 0.6) is 0 Å². The van der Waals surface area contributed by atoms with Crippen LogP contribution in [-0.2, 0) is 0 Å². The first-order valence-electron chi connectivity index (χ1n) is 4.42. The van der Waals surface area contributed by atoms with Crippen LogP contribution in [0, 0.1) is 0 Å². The predicted molar refractivity (Wildman–Crippen MR) is 54.8 cm³/mol. The maximum absolute atomic E-state index is 11.0. The summed E-state index contributed by atoms with van der Waals surface area (Å²) in [7, 11) is 0. The van der Waals surface area contributed by atoms with Crippen molar-refractivity contribution in [3.8, 4) is 0 Å². The molecule has 1 rings (SSSR count). The lowest BCUT2D eigenvalue weighted by molar-refractivity contribution is 0.973. The zero-order valence-corrected chi connectivity index (χ0v) is 7.89. The van der Waals surface area contributed by atoms with Crippen LogP contribution in [0.2, 0.25) is 0 Å². The van der Waals surface area contributed by atoms with Crippen LogP contribution in [0.3, 0.4) is 0 Å². The molecule has 0 fully saturated rings. The highest BCUT2D eigenvalue weighted by Crippen LogP contribution is 2.09. The van der Waals surface area contributed by atoms with Crippen molar-refractivity contribution in [1.29, 1.82) is 0 Å². The topological polar surface area (TPSA) is 46.2 Å². The fourth-order valence-corrected chi connectivity index (χ4v) is 1.16. The molecule has 0 saturated carbocycles. The Balaban J connectivity index is 2.88. The normalized spacial score (nSPS) is 11.2. The van der Waals surface area contributed by atoms with E-state index < -0.39 is 0 Å². The van der Waals surface area contributed by atoms with Crippen molar-refractivity contribution < 1.29 is 0 Å². The molecule has 0 radical (unpaired) electrons. The van der Waals surface area contributed by atoms with Crippen molar-refractivity contribution in [2.75, 3.05) is 11.9 Å². The smallest absolute Gasteiger partial charge is 0.250 e. The molecule has 0 atom stereocenters. The lowest BCUT2D eigenvalue weighted by Crippen LogP contribution is -2.37. The molecule has 13 heavy (non-hydrogen) atoms. The minimum atomic E-state index is -0.387. The Hall–Kier alpha value is -1.38. The molecular formula is C10H13NO2. The van der Waals surface area contributed by atoms with E-state index in [0.29, 0.717) is 11.3 Å². The van der Waals surface area contributed by atoms with Gasteiger partial charge in [-0.25, -0.2) is 0 Å². The highest BCUT2D eigenvalue weighted by molar-refractivity contribution is 5.70. The van der Waals surface area contributed by atoms with Gasteiger partial charge in [0.2, 0.25) is 10.9 Å². The molecule has 0 aliphatic rings. The standard InChI is InChI=1S/C10H13NO2/c1-3-5-7-8(11-6-4-2)10(13)9(7)12/h3,5,11H,4,6H2,1-2H3/b5-3+. The van der Waals surface area contributed by atoms with Gasteiger partial charge in [0, 0.05) is 6.54 Å². The Morgan fingerprint density at radius 2 is 2.00 bits per heavy atom. The molecular weight excluding hydrogens is 166 g/mol. The molecule has 0 aliphatic carbocycles. The average Bonchev–Trinajstić information content (AvgIpc) is 2.16. The molecule has 1 aromatic carbocycles. The van der Waals surface area contributed by atoms with Gasteiger partial charge in [-0.3, -0.25) is 9.59 Å². The molecule has 0 aromatic heterocycles. The van der Waals surface area contributed by atoms with E-state index in [1.54, 1.807) is 12.2 Å². The fourth-order valence-electron chi connectivity index (χ4n) is 1.16. The van der Waals surface area contributed by atoms with E-state index in [1.807, 2.05) is 13.8 Å². The summed E-state index contributed by atoms with van der Waals surface area (Å²) in [6, 6.07) is 0. The summed E-state index contributed by atoms with van der Waals surface area (Å²) >= 11 is 0. The van der Waals surface area contributed by atoms with Gasteiger partial charge in [-0.15, -0.1) is 0 Å². The molecule has 0 saturated heterocycles. The molecule has 0 heterocycles. The second-order valence-corrected chi connectivity index (χ2v) is 2.87. The minimum Gasteiger partial charge on any atom is -0.381 e.